The predicted molar refractivity (Wildman–Crippen MR) is 112 cm³/mol. The second kappa shape index (κ2) is 8.27. The zero-order valence-corrected chi connectivity index (χ0v) is 16.0. The fraction of sp³-hybridized carbons (Fsp3) is 0.273. The molecule has 1 fully saturated rings. The van der Waals surface area contributed by atoms with Crippen molar-refractivity contribution in [1.29, 1.82) is 0 Å². The van der Waals surface area contributed by atoms with Crippen molar-refractivity contribution in [3.05, 3.63) is 60.7 Å². The first kappa shape index (κ1) is 18.3. The van der Waals surface area contributed by atoms with E-state index in [4.69, 9.17) is 4.74 Å². The molecular formula is C22H25N4O2+. The van der Waals surface area contributed by atoms with E-state index in [1.54, 1.807) is 0 Å². The Morgan fingerprint density at radius 1 is 1.07 bits per heavy atom. The number of carbonyl (C=O) groups is 1. The number of nitrogens with zero attached hydrogens (tertiary/aromatic N) is 2. The van der Waals surface area contributed by atoms with E-state index in [9.17, 15) is 4.79 Å². The second-order valence-corrected chi connectivity index (χ2v) is 6.98. The highest BCUT2D eigenvalue weighted by Gasteiger charge is 2.16. The van der Waals surface area contributed by atoms with Gasteiger partial charge in [-0.1, -0.05) is 18.2 Å². The number of amides is 1. The normalized spacial score (nSPS) is 14.1. The standard InChI is InChI=1S/C22H24N4O2/c1-25(21-11-6-17-4-2-3-5-20(17)24-21)16-22(27)23-18-7-9-19(10-8-18)26-12-14-28-15-13-26/h2-11H,12-16H2,1H3,(H,23,27)/p+1. The fourth-order valence-corrected chi connectivity index (χ4v) is 3.41. The highest BCUT2D eigenvalue weighted by atomic mass is 16.5. The summed E-state index contributed by atoms with van der Waals surface area (Å²) in [5, 5.41) is 4.12. The lowest BCUT2D eigenvalue weighted by atomic mass is 10.2. The number of ether oxygens (including phenoxy) is 1. The molecule has 0 atom stereocenters. The molecule has 0 bridgehead atoms. The lowest BCUT2D eigenvalue weighted by Gasteiger charge is -2.28. The lowest BCUT2D eigenvalue weighted by Crippen LogP contribution is -2.36. The number of H-pyrrole nitrogens is 1. The fourth-order valence-electron chi connectivity index (χ4n) is 3.41. The van der Waals surface area contributed by atoms with Gasteiger partial charge < -0.3 is 15.0 Å². The Balaban J connectivity index is 1.36. The minimum Gasteiger partial charge on any atom is -0.378 e. The van der Waals surface area contributed by atoms with Crippen LogP contribution in [0.15, 0.2) is 60.7 Å². The summed E-state index contributed by atoms with van der Waals surface area (Å²) in [5.74, 6) is 0.847. The zero-order chi connectivity index (χ0) is 19.3. The number of nitrogens with one attached hydrogen (secondary N) is 2. The highest BCUT2D eigenvalue weighted by Crippen LogP contribution is 2.19. The van der Waals surface area contributed by atoms with Crippen molar-refractivity contribution in [2.24, 2.45) is 0 Å². The van der Waals surface area contributed by atoms with Gasteiger partial charge in [0.2, 0.25) is 0 Å². The van der Waals surface area contributed by atoms with Crippen molar-refractivity contribution in [3.8, 4) is 0 Å². The average molecular weight is 377 g/mol. The van der Waals surface area contributed by atoms with Gasteiger partial charge in [-0.3, -0.25) is 9.69 Å². The van der Waals surface area contributed by atoms with Crippen molar-refractivity contribution in [2.45, 2.75) is 0 Å². The molecule has 1 aliphatic heterocycles. The van der Waals surface area contributed by atoms with Crippen LogP contribution >= 0.6 is 0 Å². The van der Waals surface area contributed by atoms with Crippen LogP contribution in [0.25, 0.3) is 10.9 Å². The van der Waals surface area contributed by atoms with Crippen molar-refractivity contribution in [3.63, 3.8) is 0 Å². The van der Waals surface area contributed by atoms with E-state index in [1.807, 2.05) is 60.5 Å². The number of anilines is 3. The van der Waals surface area contributed by atoms with E-state index < -0.39 is 0 Å². The van der Waals surface area contributed by atoms with Crippen LogP contribution in [0.3, 0.4) is 0 Å². The molecule has 1 aromatic heterocycles. The molecule has 0 spiro atoms. The second-order valence-electron chi connectivity index (χ2n) is 6.98. The third-order valence-corrected chi connectivity index (χ3v) is 4.96. The van der Waals surface area contributed by atoms with E-state index in [-0.39, 0.29) is 12.5 Å². The number of para-hydroxylation sites is 1. The molecule has 1 aliphatic rings. The van der Waals surface area contributed by atoms with Crippen LogP contribution in [0.5, 0.6) is 0 Å². The van der Waals surface area contributed by atoms with E-state index in [2.05, 4.69) is 27.3 Å². The number of likely N-dealkylation sites (N-methyl/N-ethyl adjacent to an activating group) is 1. The number of fused-ring (bicyclic) bond motifs is 1. The molecule has 2 aromatic carbocycles. The molecule has 0 radical (unpaired) electrons. The molecule has 144 valence electrons. The minimum absolute atomic E-state index is 0.0526. The van der Waals surface area contributed by atoms with E-state index in [0.717, 1.165) is 54.4 Å². The van der Waals surface area contributed by atoms with Crippen LogP contribution in [0.4, 0.5) is 17.2 Å². The van der Waals surface area contributed by atoms with Gasteiger partial charge in [-0.05, 0) is 36.4 Å². The highest BCUT2D eigenvalue weighted by molar-refractivity contribution is 5.94. The summed E-state index contributed by atoms with van der Waals surface area (Å²) in [4.78, 5) is 20.0. The predicted octanol–water partition coefficient (Wildman–Crippen LogP) is 2.57. The summed E-state index contributed by atoms with van der Waals surface area (Å²) >= 11 is 0. The van der Waals surface area contributed by atoms with Gasteiger partial charge in [0.05, 0.1) is 20.3 Å². The largest absolute Gasteiger partial charge is 0.378 e. The van der Waals surface area contributed by atoms with Gasteiger partial charge in [-0.15, -0.1) is 0 Å². The number of benzene rings is 2. The van der Waals surface area contributed by atoms with E-state index in [0.29, 0.717) is 0 Å². The quantitative estimate of drug-likeness (QED) is 0.742. The molecule has 1 amide bonds. The van der Waals surface area contributed by atoms with Crippen LogP contribution in [0, 0.1) is 0 Å². The first-order valence-corrected chi connectivity index (χ1v) is 9.54. The average Bonchev–Trinajstić information content (AvgIpc) is 2.74. The van der Waals surface area contributed by atoms with Crippen LogP contribution < -0.4 is 20.1 Å². The summed E-state index contributed by atoms with van der Waals surface area (Å²) in [6.07, 6.45) is 0. The van der Waals surface area contributed by atoms with Gasteiger partial charge in [-0.2, -0.15) is 0 Å². The number of hydrogen-bond donors (Lipinski definition) is 1. The van der Waals surface area contributed by atoms with E-state index >= 15 is 0 Å². The van der Waals surface area contributed by atoms with Crippen LogP contribution in [-0.2, 0) is 9.53 Å². The molecular weight excluding hydrogens is 352 g/mol. The molecule has 3 aromatic rings. The van der Waals surface area contributed by atoms with Gasteiger partial charge in [-0.25, -0.2) is 4.98 Å². The number of rotatable bonds is 5. The molecule has 6 heteroatoms. The number of pyridine rings is 1. The Morgan fingerprint density at radius 3 is 2.61 bits per heavy atom. The minimum atomic E-state index is -0.0526. The van der Waals surface area contributed by atoms with Crippen LogP contribution in [-0.4, -0.2) is 45.8 Å². The first-order valence-electron chi connectivity index (χ1n) is 9.54. The third kappa shape index (κ3) is 4.23. The van der Waals surface area contributed by atoms with Crippen LogP contribution in [0.1, 0.15) is 0 Å². The monoisotopic (exact) mass is 377 g/mol. The van der Waals surface area contributed by atoms with E-state index in [1.165, 1.54) is 0 Å². The number of carbonyl (C=O) groups excluding carboxylic acids is 1. The molecule has 1 saturated heterocycles. The maximum atomic E-state index is 12.5. The Kier molecular flexibility index (Phi) is 5.39. The van der Waals surface area contributed by atoms with Gasteiger partial charge in [0, 0.05) is 35.9 Å². The molecule has 6 nitrogen and oxygen atoms in total. The molecule has 2 N–H and O–H groups in total. The van der Waals surface area contributed by atoms with Crippen molar-refractivity contribution in [2.75, 3.05) is 55.0 Å². The third-order valence-electron chi connectivity index (χ3n) is 4.96. The zero-order valence-electron chi connectivity index (χ0n) is 16.0. The molecule has 0 saturated carbocycles. The van der Waals surface area contributed by atoms with Gasteiger partial charge in [0.25, 0.3) is 11.7 Å². The maximum absolute atomic E-state index is 12.5. The van der Waals surface area contributed by atoms with Crippen LogP contribution in [0.2, 0.25) is 0 Å². The van der Waals surface area contributed by atoms with Gasteiger partial charge in [0.1, 0.15) is 5.52 Å². The van der Waals surface area contributed by atoms with Crippen molar-refractivity contribution in [1.82, 2.24) is 0 Å². The number of aromatic amines is 1. The Labute approximate surface area is 164 Å². The van der Waals surface area contributed by atoms with Gasteiger partial charge >= 0.3 is 0 Å². The summed E-state index contributed by atoms with van der Waals surface area (Å²) in [7, 11) is 1.90. The summed E-state index contributed by atoms with van der Waals surface area (Å²) in [6.45, 7) is 3.59. The van der Waals surface area contributed by atoms with Gasteiger partial charge in [0.15, 0.2) is 6.54 Å². The van der Waals surface area contributed by atoms with Crippen molar-refractivity contribution < 1.29 is 14.5 Å². The molecule has 2 heterocycles. The number of aromatic nitrogens is 1. The number of hydrogen-bond acceptors (Lipinski definition) is 4. The van der Waals surface area contributed by atoms with Crippen molar-refractivity contribution >= 4 is 34.0 Å². The molecule has 0 aliphatic carbocycles. The smallest absolute Gasteiger partial charge is 0.275 e. The maximum Gasteiger partial charge on any atom is 0.275 e. The topological polar surface area (TPSA) is 59.0 Å². The summed E-state index contributed by atoms with van der Waals surface area (Å²) in [5.41, 5.74) is 3.01. The first-order chi connectivity index (χ1) is 13.7. The lowest BCUT2D eigenvalue weighted by molar-refractivity contribution is -0.330. The number of morpholine rings is 1. The summed E-state index contributed by atoms with van der Waals surface area (Å²) < 4.78 is 5.39. The molecule has 0 unspecified atom stereocenters. The molecule has 28 heavy (non-hydrogen) atoms. The summed E-state index contributed by atoms with van der Waals surface area (Å²) in [6, 6.07) is 20.1. The Morgan fingerprint density at radius 2 is 1.82 bits per heavy atom. The molecule has 4 rings (SSSR count). The Bertz CT molecular complexity index is 952. The Hall–Kier alpha value is -3.12. The SMILES string of the molecule is CN(CC(=O)Nc1ccc(N2CCOCC2)cc1)c1ccc2ccccc2[nH+]1.